The first-order chi connectivity index (χ1) is 23.2. The van der Waals surface area contributed by atoms with E-state index < -0.39 is 29.5 Å². The summed E-state index contributed by atoms with van der Waals surface area (Å²) in [5, 5.41) is 15.8. The van der Waals surface area contributed by atoms with E-state index >= 15 is 0 Å². The number of carbonyl (C=O) groups is 4. The van der Waals surface area contributed by atoms with Gasteiger partial charge in [-0.05, 0) is 98.0 Å². The van der Waals surface area contributed by atoms with E-state index in [1.165, 1.54) is 18.2 Å². The molecule has 0 heterocycles. The second-order valence-corrected chi connectivity index (χ2v) is 12.7. The summed E-state index contributed by atoms with van der Waals surface area (Å²) < 4.78 is 11.2. The maximum Gasteiger partial charge on any atom is 0.436 e. The molecule has 49 heavy (non-hydrogen) atoms. The SMILES string of the molecule is CC(C)CNC(=O)c1ccc(-c2ccc(OCc3ccccc3)cc2C(=O)Nc2ccc(/C(N)=N\C(=O)OC(C)(C)C)cc2)c(C(=O)O)c1. The Bertz CT molecular complexity index is 1860. The number of amidine groups is 1. The number of carboxylic acid groups (broad SMARTS) is 1. The van der Waals surface area contributed by atoms with Crippen LogP contribution < -0.4 is 21.1 Å². The molecular formula is C38H40N4O7. The van der Waals surface area contributed by atoms with Crippen LogP contribution in [0.15, 0.2) is 96.0 Å². The van der Waals surface area contributed by atoms with E-state index in [1.807, 2.05) is 44.2 Å². The third-order valence-corrected chi connectivity index (χ3v) is 7.00. The number of amides is 3. The van der Waals surface area contributed by atoms with Crippen LogP contribution in [0.2, 0.25) is 0 Å². The van der Waals surface area contributed by atoms with Gasteiger partial charge in [-0.25, -0.2) is 9.59 Å². The molecule has 4 rings (SSSR count). The fourth-order valence-corrected chi connectivity index (χ4v) is 4.64. The summed E-state index contributed by atoms with van der Waals surface area (Å²) in [5.41, 5.74) is 7.77. The maximum absolute atomic E-state index is 13.8. The number of nitrogens with two attached hydrogens (primary N) is 1. The van der Waals surface area contributed by atoms with Gasteiger partial charge in [0.25, 0.3) is 11.8 Å². The van der Waals surface area contributed by atoms with Crippen LogP contribution in [0, 0.1) is 5.92 Å². The quantitative estimate of drug-likeness (QED) is 0.0990. The van der Waals surface area contributed by atoms with Crippen LogP contribution in [0.3, 0.4) is 0 Å². The van der Waals surface area contributed by atoms with E-state index in [-0.39, 0.29) is 40.6 Å². The Morgan fingerprint density at radius 2 is 1.45 bits per heavy atom. The monoisotopic (exact) mass is 664 g/mol. The number of rotatable bonds is 11. The molecule has 3 amide bonds. The molecule has 0 saturated carbocycles. The number of carboxylic acids is 1. The van der Waals surface area contributed by atoms with Crippen molar-refractivity contribution in [3.63, 3.8) is 0 Å². The minimum Gasteiger partial charge on any atom is -0.489 e. The zero-order valence-electron chi connectivity index (χ0n) is 28.1. The molecule has 0 bridgehead atoms. The van der Waals surface area contributed by atoms with Crippen LogP contribution in [-0.4, -0.2) is 47.0 Å². The van der Waals surface area contributed by atoms with Crippen LogP contribution in [0.1, 0.15) is 76.8 Å². The fraction of sp³-hybridized carbons (Fsp3) is 0.237. The fourth-order valence-electron chi connectivity index (χ4n) is 4.64. The number of carbonyl (C=O) groups excluding carboxylic acids is 3. The number of benzene rings is 4. The molecule has 0 aliphatic carbocycles. The lowest BCUT2D eigenvalue weighted by atomic mass is 9.93. The third-order valence-electron chi connectivity index (χ3n) is 7.00. The van der Waals surface area contributed by atoms with Crippen molar-refractivity contribution in [3.05, 3.63) is 119 Å². The van der Waals surface area contributed by atoms with E-state index in [9.17, 15) is 24.3 Å². The van der Waals surface area contributed by atoms with Crippen molar-refractivity contribution >= 4 is 35.4 Å². The van der Waals surface area contributed by atoms with Crippen LogP contribution in [-0.2, 0) is 11.3 Å². The smallest absolute Gasteiger partial charge is 0.436 e. The van der Waals surface area contributed by atoms with Crippen molar-refractivity contribution in [1.82, 2.24) is 5.32 Å². The highest BCUT2D eigenvalue weighted by atomic mass is 16.6. The molecular weight excluding hydrogens is 624 g/mol. The predicted molar refractivity (Wildman–Crippen MR) is 188 cm³/mol. The van der Waals surface area contributed by atoms with Gasteiger partial charge in [0.1, 0.15) is 23.8 Å². The average molecular weight is 665 g/mol. The summed E-state index contributed by atoms with van der Waals surface area (Å²) in [6.07, 6.45) is -0.825. The number of aliphatic imine (C=N–C) groups is 1. The van der Waals surface area contributed by atoms with E-state index in [2.05, 4.69) is 15.6 Å². The molecule has 0 saturated heterocycles. The van der Waals surface area contributed by atoms with Gasteiger partial charge >= 0.3 is 12.1 Å². The lowest BCUT2D eigenvalue weighted by molar-refractivity contribution is 0.0602. The minimum atomic E-state index is -1.26. The highest BCUT2D eigenvalue weighted by Crippen LogP contribution is 2.32. The van der Waals surface area contributed by atoms with Crippen LogP contribution >= 0.6 is 0 Å². The van der Waals surface area contributed by atoms with Crippen molar-refractivity contribution in [2.24, 2.45) is 16.6 Å². The number of ether oxygens (including phenoxy) is 2. The van der Waals surface area contributed by atoms with Gasteiger partial charge in [0.05, 0.1) is 11.1 Å². The van der Waals surface area contributed by atoms with Crippen LogP contribution in [0.4, 0.5) is 10.5 Å². The molecule has 4 aromatic carbocycles. The standard InChI is InChI=1S/C38H40N4O7/c1-23(2)21-40-34(43)26-13-17-30(32(19-26)36(45)46)29-18-16-28(48-22-24-9-7-6-8-10-24)20-31(29)35(44)41-27-14-11-25(12-15-27)33(39)42-37(47)49-38(3,4)5/h6-20,23H,21-22H2,1-5H3,(H,40,43)(H,41,44)(H,45,46)(H2,39,42,47). The molecule has 0 aromatic heterocycles. The summed E-state index contributed by atoms with van der Waals surface area (Å²) in [4.78, 5) is 54.9. The summed E-state index contributed by atoms with van der Waals surface area (Å²) in [6.45, 7) is 9.74. The Morgan fingerprint density at radius 3 is 2.08 bits per heavy atom. The summed E-state index contributed by atoms with van der Waals surface area (Å²) in [5.74, 6) is -1.65. The first kappa shape index (κ1) is 35.9. The average Bonchev–Trinajstić information content (AvgIpc) is 3.05. The van der Waals surface area contributed by atoms with E-state index in [1.54, 1.807) is 63.2 Å². The van der Waals surface area contributed by atoms with Gasteiger partial charge in [0, 0.05) is 23.4 Å². The number of anilines is 1. The van der Waals surface area contributed by atoms with Gasteiger partial charge in [0.2, 0.25) is 0 Å². The molecule has 0 radical (unpaired) electrons. The number of aromatic carboxylic acids is 1. The first-order valence-electron chi connectivity index (χ1n) is 15.7. The molecule has 0 unspecified atom stereocenters. The molecule has 4 aromatic rings. The zero-order chi connectivity index (χ0) is 35.7. The highest BCUT2D eigenvalue weighted by molar-refractivity contribution is 6.11. The summed E-state index contributed by atoms with van der Waals surface area (Å²) in [7, 11) is 0. The Hall–Kier alpha value is -5.97. The topological polar surface area (TPSA) is 169 Å². The van der Waals surface area contributed by atoms with E-state index in [0.29, 0.717) is 29.1 Å². The van der Waals surface area contributed by atoms with Crippen LogP contribution in [0.5, 0.6) is 5.75 Å². The minimum absolute atomic E-state index is 0.0554. The number of nitrogens with zero attached hydrogens (tertiary/aromatic N) is 1. The number of nitrogens with one attached hydrogen (secondary N) is 2. The lowest BCUT2D eigenvalue weighted by Crippen LogP contribution is -2.27. The molecule has 11 nitrogen and oxygen atoms in total. The van der Waals surface area contributed by atoms with Crippen molar-refractivity contribution in [1.29, 1.82) is 0 Å². The molecule has 11 heteroatoms. The first-order valence-corrected chi connectivity index (χ1v) is 15.7. The van der Waals surface area contributed by atoms with Gasteiger partial charge in [-0.3, -0.25) is 9.59 Å². The van der Waals surface area contributed by atoms with Gasteiger partial charge in [-0.1, -0.05) is 50.2 Å². The van der Waals surface area contributed by atoms with E-state index in [0.717, 1.165) is 5.56 Å². The lowest BCUT2D eigenvalue weighted by Gasteiger charge is -2.17. The Labute approximate surface area is 285 Å². The third kappa shape index (κ3) is 10.3. The predicted octanol–water partition coefficient (Wildman–Crippen LogP) is 6.91. The van der Waals surface area contributed by atoms with Gasteiger partial charge in [-0.2, -0.15) is 4.99 Å². The van der Waals surface area contributed by atoms with Gasteiger partial charge in [-0.15, -0.1) is 0 Å². The zero-order valence-corrected chi connectivity index (χ0v) is 28.1. The van der Waals surface area contributed by atoms with Crippen molar-refractivity contribution in [2.45, 2.75) is 46.8 Å². The number of hydrogen-bond donors (Lipinski definition) is 4. The summed E-state index contributed by atoms with van der Waals surface area (Å²) >= 11 is 0. The molecule has 0 fully saturated rings. The van der Waals surface area contributed by atoms with Crippen LogP contribution in [0.25, 0.3) is 11.1 Å². The molecule has 254 valence electrons. The molecule has 0 spiro atoms. The molecule has 5 N–H and O–H groups in total. The Kier molecular flexibility index (Phi) is 11.5. The molecule has 0 atom stereocenters. The molecule has 0 aliphatic heterocycles. The van der Waals surface area contributed by atoms with E-state index in [4.69, 9.17) is 15.2 Å². The highest BCUT2D eigenvalue weighted by Gasteiger charge is 2.22. The maximum atomic E-state index is 13.8. The van der Waals surface area contributed by atoms with Crippen molar-refractivity contribution in [2.75, 3.05) is 11.9 Å². The second kappa shape index (κ2) is 15.7. The number of hydrogen-bond acceptors (Lipinski definition) is 6. The van der Waals surface area contributed by atoms with Gasteiger partial charge in [0.15, 0.2) is 0 Å². The normalized spacial score (nSPS) is 11.5. The Balaban J connectivity index is 1.67. The summed E-state index contributed by atoms with van der Waals surface area (Å²) in [6, 6.07) is 25.0. The largest absolute Gasteiger partial charge is 0.489 e. The second-order valence-electron chi connectivity index (χ2n) is 12.7. The molecule has 0 aliphatic rings. The van der Waals surface area contributed by atoms with Crippen molar-refractivity contribution in [3.8, 4) is 16.9 Å². The van der Waals surface area contributed by atoms with Crippen molar-refractivity contribution < 1.29 is 33.8 Å². The van der Waals surface area contributed by atoms with Gasteiger partial charge < -0.3 is 30.9 Å². The Morgan fingerprint density at radius 1 is 0.816 bits per heavy atom.